The molecule has 0 saturated heterocycles. The summed E-state index contributed by atoms with van der Waals surface area (Å²) in [6.07, 6.45) is 3.03. The molecule has 0 aliphatic carbocycles. The SMILES string of the molecule is CNS(=O)(=O)c1ccc(N(C)C)c(Nc2ncnc3[nH]cc(Cl)c23)c1. The predicted molar refractivity (Wildman–Crippen MR) is 99.2 cm³/mol. The fourth-order valence-electron chi connectivity index (χ4n) is 2.44. The van der Waals surface area contributed by atoms with Crippen LogP contribution in [0.15, 0.2) is 35.6 Å². The molecule has 0 spiro atoms. The van der Waals surface area contributed by atoms with Crippen LogP contribution in [-0.4, -0.2) is 44.5 Å². The first-order chi connectivity index (χ1) is 11.8. The lowest BCUT2D eigenvalue weighted by atomic mass is 10.2. The van der Waals surface area contributed by atoms with Gasteiger partial charge < -0.3 is 15.2 Å². The molecule has 2 heterocycles. The second-order valence-corrected chi connectivity index (χ2v) is 7.78. The van der Waals surface area contributed by atoms with Crippen LogP contribution in [0, 0.1) is 0 Å². The summed E-state index contributed by atoms with van der Waals surface area (Å²) in [5.41, 5.74) is 1.97. The van der Waals surface area contributed by atoms with Crippen LogP contribution in [0.1, 0.15) is 0 Å². The lowest BCUT2D eigenvalue weighted by Crippen LogP contribution is -2.19. The molecule has 0 amide bonds. The van der Waals surface area contributed by atoms with Crippen molar-refractivity contribution in [1.82, 2.24) is 19.7 Å². The Kier molecular flexibility index (Phi) is 4.55. The van der Waals surface area contributed by atoms with Crippen LogP contribution in [0.5, 0.6) is 0 Å². The molecule has 0 aliphatic rings. The van der Waals surface area contributed by atoms with Crippen LogP contribution in [-0.2, 0) is 10.0 Å². The first-order valence-electron chi connectivity index (χ1n) is 7.33. The van der Waals surface area contributed by atoms with Gasteiger partial charge >= 0.3 is 0 Å². The topological polar surface area (TPSA) is 103 Å². The van der Waals surface area contributed by atoms with Gasteiger partial charge in [-0.3, -0.25) is 0 Å². The zero-order valence-corrected chi connectivity index (χ0v) is 15.4. The van der Waals surface area contributed by atoms with E-state index in [1.807, 2.05) is 19.0 Å². The van der Waals surface area contributed by atoms with Gasteiger partial charge in [-0.25, -0.2) is 23.1 Å². The van der Waals surface area contributed by atoms with E-state index in [9.17, 15) is 8.42 Å². The van der Waals surface area contributed by atoms with Gasteiger partial charge in [0.25, 0.3) is 0 Å². The number of hydrogen-bond donors (Lipinski definition) is 3. The maximum Gasteiger partial charge on any atom is 0.240 e. The van der Waals surface area contributed by atoms with E-state index in [4.69, 9.17) is 11.6 Å². The van der Waals surface area contributed by atoms with Gasteiger partial charge in [0.05, 0.1) is 26.7 Å². The van der Waals surface area contributed by atoms with E-state index in [2.05, 4.69) is 25.0 Å². The van der Waals surface area contributed by atoms with E-state index in [1.54, 1.807) is 24.4 Å². The largest absolute Gasteiger partial charge is 0.376 e. The van der Waals surface area contributed by atoms with Crippen molar-refractivity contribution in [3.8, 4) is 0 Å². The standard InChI is InChI=1S/C15H17ClN6O2S/c1-17-25(23,24)9-4-5-12(22(2)3)11(6-9)21-15-13-10(16)7-18-14(13)19-8-20-15/h4-8,17H,1-3H3,(H2,18,19,20,21). The van der Waals surface area contributed by atoms with Crippen molar-refractivity contribution in [2.45, 2.75) is 4.90 Å². The molecule has 25 heavy (non-hydrogen) atoms. The molecular weight excluding hydrogens is 364 g/mol. The van der Waals surface area contributed by atoms with E-state index < -0.39 is 10.0 Å². The third kappa shape index (κ3) is 3.26. The average molecular weight is 381 g/mol. The van der Waals surface area contributed by atoms with Gasteiger partial charge in [-0.15, -0.1) is 0 Å². The molecule has 3 rings (SSSR count). The summed E-state index contributed by atoms with van der Waals surface area (Å²) in [7, 11) is 1.54. The molecule has 0 radical (unpaired) electrons. The minimum atomic E-state index is -3.57. The Labute approximate surface area is 150 Å². The van der Waals surface area contributed by atoms with Crippen molar-refractivity contribution in [3.63, 3.8) is 0 Å². The molecule has 3 N–H and O–H groups in total. The molecule has 132 valence electrons. The van der Waals surface area contributed by atoms with Crippen molar-refractivity contribution < 1.29 is 8.42 Å². The average Bonchev–Trinajstić information content (AvgIpc) is 2.97. The molecule has 10 heteroatoms. The summed E-state index contributed by atoms with van der Waals surface area (Å²) in [6.45, 7) is 0. The Morgan fingerprint density at radius 3 is 2.68 bits per heavy atom. The molecule has 8 nitrogen and oxygen atoms in total. The Bertz CT molecular complexity index is 1030. The zero-order valence-electron chi connectivity index (χ0n) is 13.8. The van der Waals surface area contributed by atoms with Crippen LogP contribution in [0.25, 0.3) is 11.0 Å². The first kappa shape index (κ1) is 17.5. The zero-order chi connectivity index (χ0) is 18.2. The molecule has 1 aromatic carbocycles. The Balaban J connectivity index is 2.14. The number of H-pyrrole nitrogens is 1. The molecule has 0 saturated carbocycles. The van der Waals surface area contributed by atoms with Crippen LogP contribution in [0.3, 0.4) is 0 Å². The smallest absolute Gasteiger partial charge is 0.240 e. The number of nitrogens with zero attached hydrogens (tertiary/aromatic N) is 3. The summed E-state index contributed by atoms with van der Waals surface area (Å²) in [6, 6.07) is 4.82. The van der Waals surface area contributed by atoms with Gasteiger partial charge in [0.2, 0.25) is 10.0 Å². The van der Waals surface area contributed by atoms with Crippen LogP contribution < -0.4 is 14.9 Å². The third-order valence-electron chi connectivity index (χ3n) is 3.70. The summed E-state index contributed by atoms with van der Waals surface area (Å²) >= 11 is 6.21. The van der Waals surface area contributed by atoms with Crippen molar-refractivity contribution in [3.05, 3.63) is 35.7 Å². The maximum absolute atomic E-state index is 12.1. The molecule has 2 aromatic heterocycles. The van der Waals surface area contributed by atoms with E-state index >= 15 is 0 Å². The Morgan fingerprint density at radius 2 is 2.00 bits per heavy atom. The number of hydrogen-bond acceptors (Lipinski definition) is 6. The van der Waals surface area contributed by atoms with Crippen LogP contribution in [0.2, 0.25) is 5.02 Å². The van der Waals surface area contributed by atoms with Gasteiger partial charge in [-0.1, -0.05) is 11.6 Å². The highest BCUT2D eigenvalue weighted by molar-refractivity contribution is 7.89. The van der Waals surface area contributed by atoms with Gasteiger partial charge in [-0.05, 0) is 25.2 Å². The summed E-state index contributed by atoms with van der Waals surface area (Å²) in [5, 5.41) is 4.28. The number of aromatic amines is 1. The second-order valence-electron chi connectivity index (χ2n) is 5.49. The number of aromatic nitrogens is 3. The van der Waals surface area contributed by atoms with Gasteiger partial charge in [0.15, 0.2) is 0 Å². The van der Waals surface area contributed by atoms with Gasteiger partial charge in [0, 0.05) is 20.3 Å². The maximum atomic E-state index is 12.1. The van der Waals surface area contributed by atoms with Gasteiger partial charge in [-0.2, -0.15) is 0 Å². The highest BCUT2D eigenvalue weighted by Gasteiger charge is 2.17. The summed E-state index contributed by atoms with van der Waals surface area (Å²) in [4.78, 5) is 13.3. The molecule has 3 aromatic rings. The molecule has 0 fully saturated rings. The lowest BCUT2D eigenvalue weighted by molar-refractivity contribution is 0.588. The highest BCUT2D eigenvalue weighted by atomic mass is 35.5. The molecule has 0 unspecified atom stereocenters. The van der Waals surface area contributed by atoms with E-state index in [0.717, 1.165) is 5.69 Å². The second kappa shape index (κ2) is 6.51. The van der Waals surface area contributed by atoms with E-state index in [0.29, 0.717) is 27.6 Å². The van der Waals surface area contributed by atoms with Crippen molar-refractivity contribution in [1.29, 1.82) is 0 Å². The summed E-state index contributed by atoms with van der Waals surface area (Å²) in [5.74, 6) is 0.485. The van der Waals surface area contributed by atoms with E-state index in [-0.39, 0.29) is 4.90 Å². The minimum Gasteiger partial charge on any atom is -0.376 e. The van der Waals surface area contributed by atoms with Crippen LogP contribution in [0.4, 0.5) is 17.2 Å². The third-order valence-corrected chi connectivity index (χ3v) is 5.41. The number of halogens is 1. The quantitative estimate of drug-likeness (QED) is 0.627. The molecule has 0 atom stereocenters. The number of rotatable bonds is 5. The first-order valence-corrected chi connectivity index (χ1v) is 9.19. The number of benzene rings is 1. The van der Waals surface area contributed by atoms with Crippen molar-refractivity contribution in [2.75, 3.05) is 31.4 Å². The molecule has 0 bridgehead atoms. The number of fused-ring (bicyclic) bond motifs is 1. The lowest BCUT2D eigenvalue weighted by Gasteiger charge is -2.19. The fraction of sp³-hybridized carbons (Fsp3) is 0.200. The van der Waals surface area contributed by atoms with Gasteiger partial charge in [0.1, 0.15) is 17.8 Å². The normalized spacial score (nSPS) is 11.7. The number of nitrogens with one attached hydrogen (secondary N) is 3. The summed E-state index contributed by atoms with van der Waals surface area (Å²) < 4.78 is 26.5. The monoisotopic (exact) mass is 380 g/mol. The molecule has 0 aliphatic heterocycles. The fourth-order valence-corrected chi connectivity index (χ4v) is 3.43. The minimum absolute atomic E-state index is 0.147. The van der Waals surface area contributed by atoms with Crippen molar-refractivity contribution in [2.24, 2.45) is 0 Å². The predicted octanol–water partition coefficient (Wildman–Crippen LogP) is 2.33. The van der Waals surface area contributed by atoms with E-state index in [1.165, 1.54) is 13.4 Å². The highest BCUT2D eigenvalue weighted by Crippen LogP contribution is 2.34. The number of anilines is 3. The number of sulfonamides is 1. The van der Waals surface area contributed by atoms with Crippen LogP contribution >= 0.6 is 11.6 Å². The Morgan fingerprint density at radius 1 is 1.24 bits per heavy atom. The van der Waals surface area contributed by atoms with Crippen molar-refractivity contribution >= 4 is 49.9 Å². The Hall–Kier alpha value is -2.36. The molecular formula is C15H17ClN6O2S.